The molecule has 0 amide bonds. The molecule has 198 valence electrons. The van der Waals surface area contributed by atoms with Crippen LogP contribution in [0.4, 0.5) is 0 Å². The van der Waals surface area contributed by atoms with Gasteiger partial charge in [0.15, 0.2) is 0 Å². The van der Waals surface area contributed by atoms with E-state index in [4.69, 9.17) is 0 Å². The van der Waals surface area contributed by atoms with Crippen LogP contribution in [-0.4, -0.2) is 11.3 Å². The third-order valence-corrected chi connectivity index (χ3v) is 8.58. The summed E-state index contributed by atoms with van der Waals surface area (Å²) in [5, 5.41) is 10.1. The summed E-state index contributed by atoms with van der Waals surface area (Å²) in [6.45, 7) is 6.54. The van der Waals surface area contributed by atoms with Gasteiger partial charge in [0.1, 0.15) is 6.15 Å². The molecule has 5 aromatic carbocycles. The van der Waals surface area contributed by atoms with Crippen molar-refractivity contribution < 1.29 is 5.11 Å². The maximum absolute atomic E-state index is 10.1. The average Bonchev–Trinajstić information content (AvgIpc) is 2.97. The zero-order valence-corrected chi connectivity index (χ0v) is 23.7. The molecule has 0 aromatic heterocycles. The van der Waals surface area contributed by atoms with Crippen LogP contribution in [0.1, 0.15) is 33.4 Å². The Morgan fingerprint density at radius 1 is 0.538 bits per heavy atom. The van der Waals surface area contributed by atoms with Crippen LogP contribution in [0.5, 0.6) is 0 Å². The van der Waals surface area contributed by atoms with Gasteiger partial charge in [0.2, 0.25) is 0 Å². The lowest BCUT2D eigenvalue weighted by Crippen LogP contribution is -2.74. The van der Waals surface area contributed by atoms with E-state index in [0.717, 1.165) is 18.4 Å². The average molecular weight is 514 g/mol. The van der Waals surface area contributed by atoms with Crippen LogP contribution in [0.25, 0.3) is 0 Å². The van der Waals surface area contributed by atoms with Crippen LogP contribution in [0.2, 0.25) is 0 Å². The van der Waals surface area contributed by atoms with Gasteiger partial charge in [0.05, 0.1) is 6.61 Å². The van der Waals surface area contributed by atoms with Crippen molar-refractivity contribution in [3.8, 4) is 0 Å². The predicted molar refractivity (Wildman–Crippen MR) is 170 cm³/mol. The van der Waals surface area contributed by atoms with Crippen molar-refractivity contribution in [2.24, 2.45) is 0 Å². The lowest BCUT2D eigenvalue weighted by atomic mass is 9.13. The molecule has 0 unspecified atom stereocenters. The summed E-state index contributed by atoms with van der Waals surface area (Å²) in [7, 11) is 0. The van der Waals surface area contributed by atoms with Crippen molar-refractivity contribution in [3.05, 3.63) is 155 Å². The number of aryl methyl sites for hydroxylation is 3. The first-order valence-corrected chi connectivity index (χ1v) is 13.7. The minimum absolute atomic E-state index is 0. The first-order valence-electron chi connectivity index (χ1n) is 13.7. The third kappa shape index (κ3) is 5.34. The van der Waals surface area contributed by atoms with Crippen molar-refractivity contribution in [3.63, 3.8) is 0 Å². The van der Waals surface area contributed by atoms with Crippen LogP contribution < -0.4 is 28.0 Å². The summed E-state index contributed by atoms with van der Waals surface area (Å²) in [6, 6.07) is 44.3. The molecule has 5 aromatic rings. The predicted octanol–water partition coefficient (Wildman–Crippen LogP) is 5.64. The molecule has 0 saturated carbocycles. The van der Waals surface area contributed by atoms with Gasteiger partial charge < -0.3 is 11.3 Å². The minimum atomic E-state index is -1.38. The van der Waals surface area contributed by atoms with E-state index < -0.39 is 6.15 Å². The Morgan fingerprint density at radius 3 is 1.51 bits per heavy atom. The molecule has 2 nitrogen and oxygen atoms in total. The lowest BCUT2D eigenvalue weighted by Gasteiger charge is -2.44. The zero-order chi connectivity index (χ0) is 26.5. The Bertz CT molecular complexity index is 1420. The fraction of sp³-hybridized carbons (Fsp3) is 0.167. The van der Waals surface area contributed by atoms with Gasteiger partial charge in [-0.3, -0.25) is 0 Å². The normalized spacial score (nSPS) is 11.2. The van der Waals surface area contributed by atoms with Gasteiger partial charge in [-0.25, -0.2) is 0 Å². The summed E-state index contributed by atoms with van der Waals surface area (Å²) in [6.07, 6.45) is 0.454. The molecule has 39 heavy (non-hydrogen) atoms. The van der Waals surface area contributed by atoms with Gasteiger partial charge >= 0.3 is 0 Å². The van der Waals surface area contributed by atoms with Crippen LogP contribution >= 0.6 is 0 Å². The second-order valence-electron chi connectivity index (χ2n) is 10.6. The van der Waals surface area contributed by atoms with E-state index in [1.54, 1.807) is 0 Å². The molecule has 0 heterocycles. The maximum Gasteiger partial charge on any atom is 0.108 e. The second-order valence-corrected chi connectivity index (χ2v) is 10.6. The Labute approximate surface area is 233 Å². The number of hydrogen-bond donors (Lipinski definition) is 2. The van der Waals surface area contributed by atoms with Gasteiger partial charge in [-0.15, -0.1) is 0 Å². The van der Waals surface area contributed by atoms with E-state index in [-0.39, 0.29) is 12.8 Å². The highest BCUT2D eigenvalue weighted by Gasteiger charge is 2.31. The van der Waals surface area contributed by atoms with Gasteiger partial charge in [-0.2, -0.15) is 21.9 Å². The highest BCUT2D eigenvalue weighted by Crippen LogP contribution is 2.23. The number of rotatable bonds is 8. The van der Waals surface area contributed by atoms with Gasteiger partial charge in [0, 0.05) is 0 Å². The maximum atomic E-state index is 10.1. The quantitative estimate of drug-likeness (QED) is 0.259. The Balaban J connectivity index is 0.00000353. The number of quaternary nitrogens is 1. The molecular formula is C36H40BNO. The summed E-state index contributed by atoms with van der Waals surface area (Å²) in [5.74, 6) is 0. The molecule has 0 aliphatic heterocycles. The molecule has 0 saturated heterocycles. The van der Waals surface area contributed by atoms with E-state index in [2.05, 4.69) is 142 Å². The van der Waals surface area contributed by atoms with Crippen molar-refractivity contribution in [1.82, 2.24) is 6.15 Å². The molecule has 0 aliphatic rings. The van der Waals surface area contributed by atoms with Crippen molar-refractivity contribution >= 4 is 28.0 Å². The Kier molecular flexibility index (Phi) is 8.86. The molecule has 5 rings (SSSR count). The fourth-order valence-electron chi connectivity index (χ4n) is 6.34. The van der Waals surface area contributed by atoms with E-state index in [9.17, 15) is 5.11 Å². The summed E-state index contributed by atoms with van der Waals surface area (Å²) < 4.78 is 0. The molecule has 0 atom stereocenters. The largest absolute Gasteiger partial charge is 0.392 e. The van der Waals surface area contributed by atoms with E-state index in [1.165, 1.54) is 49.7 Å². The highest BCUT2D eigenvalue weighted by atomic mass is 16.3. The zero-order valence-electron chi connectivity index (χ0n) is 23.7. The molecule has 5 N–H and O–H groups in total. The fourth-order valence-corrected chi connectivity index (χ4v) is 6.34. The standard InChI is InChI=1S/C36H36BO.H3N/c1-27-24-31(36(26-38)29(3)28(27)2)23-22-30-14-13-21-35(25-30)37(32-15-7-4-8-16-32,33-17-9-5-10-18-33)34-19-11-6-12-20-34;/h4-21,24-25,38H,22-23,26H2,1-3H3;1H3/q-1;/p+1. The first kappa shape index (κ1) is 28.1. The van der Waals surface area contributed by atoms with Crippen molar-refractivity contribution in [2.45, 2.75) is 40.2 Å². The molecular weight excluding hydrogens is 473 g/mol. The van der Waals surface area contributed by atoms with Crippen molar-refractivity contribution in [1.29, 1.82) is 0 Å². The number of benzene rings is 5. The smallest absolute Gasteiger partial charge is 0.108 e. The van der Waals surface area contributed by atoms with E-state index in [0.29, 0.717) is 0 Å². The summed E-state index contributed by atoms with van der Waals surface area (Å²) >= 11 is 0. The monoisotopic (exact) mass is 513 g/mol. The van der Waals surface area contributed by atoms with Gasteiger partial charge in [0.25, 0.3) is 0 Å². The van der Waals surface area contributed by atoms with Crippen LogP contribution in [-0.2, 0) is 19.4 Å². The minimum Gasteiger partial charge on any atom is -0.392 e. The van der Waals surface area contributed by atoms with Crippen LogP contribution in [0.3, 0.4) is 0 Å². The van der Waals surface area contributed by atoms with Gasteiger partial charge in [-0.1, -0.05) is 127 Å². The second kappa shape index (κ2) is 12.3. The van der Waals surface area contributed by atoms with Crippen LogP contribution in [0.15, 0.2) is 121 Å². The Hall–Kier alpha value is -3.92. The number of hydrogen-bond acceptors (Lipinski definition) is 1. The molecule has 0 spiro atoms. The lowest BCUT2D eigenvalue weighted by molar-refractivity contribution is 0.279. The highest BCUT2D eigenvalue weighted by molar-refractivity contribution is 7.19. The topological polar surface area (TPSA) is 56.7 Å². The molecule has 0 aliphatic carbocycles. The summed E-state index contributed by atoms with van der Waals surface area (Å²) in [5.41, 5.74) is 12.7. The summed E-state index contributed by atoms with van der Waals surface area (Å²) in [4.78, 5) is 0. The molecule has 0 radical (unpaired) electrons. The van der Waals surface area contributed by atoms with Crippen LogP contribution in [0, 0.1) is 20.8 Å². The molecule has 0 fully saturated rings. The van der Waals surface area contributed by atoms with Gasteiger partial charge in [-0.05, 0) is 61.4 Å². The molecule has 3 heteroatoms. The van der Waals surface area contributed by atoms with E-state index >= 15 is 0 Å². The SMILES string of the molecule is Cc1cc(CCc2cccc([B-](c3ccccc3)(c3ccccc3)c3ccccc3)c2)c(CO)c(C)c1C.[NH4+]. The van der Waals surface area contributed by atoms with Crippen molar-refractivity contribution in [2.75, 3.05) is 0 Å². The Morgan fingerprint density at radius 2 is 1.03 bits per heavy atom. The first-order chi connectivity index (χ1) is 18.6. The number of aliphatic hydroxyl groups excluding tert-OH is 1. The number of aliphatic hydroxyl groups is 1. The molecule has 0 bridgehead atoms. The third-order valence-electron chi connectivity index (χ3n) is 8.58. The van der Waals surface area contributed by atoms with E-state index in [1.807, 2.05) is 0 Å².